The van der Waals surface area contributed by atoms with E-state index in [1.54, 1.807) is 7.05 Å². The molecule has 2 aromatic carbocycles. The summed E-state index contributed by atoms with van der Waals surface area (Å²) < 4.78 is 14.0. The molecule has 0 bridgehead atoms. The lowest BCUT2D eigenvalue weighted by atomic mass is 10.3. The molecule has 6 nitrogen and oxygen atoms in total. The Morgan fingerprint density at radius 2 is 1.35 bits per heavy atom. The van der Waals surface area contributed by atoms with Gasteiger partial charge in [-0.15, -0.1) is 0 Å². The summed E-state index contributed by atoms with van der Waals surface area (Å²) in [6.07, 6.45) is 0. The predicted octanol–water partition coefficient (Wildman–Crippen LogP) is 3.64. The quantitative estimate of drug-likeness (QED) is 0.453. The molecule has 0 saturated heterocycles. The first-order valence-corrected chi connectivity index (χ1v) is 8.94. The number of hydrogen-bond donors (Lipinski definition) is 3. The Bertz CT molecular complexity index is 599. The number of nitrogens with one attached hydrogen (secondary N) is 2. The van der Waals surface area contributed by atoms with Gasteiger partial charge in [0.15, 0.2) is 5.96 Å². The van der Waals surface area contributed by atoms with Gasteiger partial charge in [-0.2, -0.15) is 0 Å². The zero-order valence-corrected chi connectivity index (χ0v) is 14.3. The van der Waals surface area contributed by atoms with Crippen molar-refractivity contribution >= 4 is 24.9 Å². The maximum atomic E-state index is 9.92. The van der Waals surface area contributed by atoms with E-state index in [9.17, 15) is 4.57 Å². The Hall–Kier alpha value is -2.14. The Labute approximate surface area is 136 Å². The first-order chi connectivity index (χ1) is 10.9. The minimum absolute atomic E-state index is 0.724. The maximum Gasteiger partial charge on any atom is 0.324 e. The van der Waals surface area contributed by atoms with Crippen LogP contribution >= 0.6 is 7.60 Å². The topological polar surface area (TPSA) is 83.0 Å². The number of benzene rings is 2. The molecule has 2 aromatic rings. The average Bonchev–Trinajstić information content (AvgIpc) is 2.56. The molecule has 0 aliphatic carbocycles. The van der Waals surface area contributed by atoms with Crippen LogP contribution in [-0.2, 0) is 9.09 Å². The van der Waals surface area contributed by atoms with Gasteiger partial charge < -0.3 is 20.1 Å². The van der Waals surface area contributed by atoms with Gasteiger partial charge in [-0.1, -0.05) is 36.4 Å². The van der Waals surface area contributed by atoms with Crippen molar-refractivity contribution in [3.05, 3.63) is 60.7 Å². The van der Waals surface area contributed by atoms with Crippen LogP contribution in [0.4, 0.5) is 11.4 Å². The lowest BCUT2D eigenvalue weighted by molar-refractivity contribution is 0.322. The molecule has 0 saturated carbocycles. The van der Waals surface area contributed by atoms with Crippen LogP contribution in [0.2, 0.25) is 0 Å². The van der Waals surface area contributed by atoms with Crippen LogP contribution < -0.4 is 10.6 Å². The standard InChI is InChI=1S/C14H15N3.C2H7O3P/c1-15-14(16-12-8-4-2-5-9-12)17-13-10-6-3-7-11-13;1-5-6(2,3)4/h2-11H,1H3,(H2,15,16,17);1-2H3,(H,3,4). The number of para-hydroxylation sites is 2. The molecule has 1 atom stereocenters. The number of hydrogen-bond acceptors (Lipinski definition) is 3. The average molecular weight is 335 g/mol. The number of nitrogens with zero attached hydrogens (tertiary/aromatic N) is 1. The minimum atomic E-state index is -3.15. The summed E-state index contributed by atoms with van der Waals surface area (Å²) >= 11 is 0. The van der Waals surface area contributed by atoms with Crippen LogP contribution in [0.1, 0.15) is 0 Å². The minimum Gasteiger partial charge on any atom is -0.326 e. The molecule has 0 heterocycles. The van der Waals surface area contributed by atoms with Crippen LogP contribution in [-0.4, -0.2) is 31.7 Å². The molecule has 0 aromatic heterocycles. The maximum absolute atomic E-state index is 9.92. The molecular weight excluding hydrogens is 313 g/mol. The second-order valence-electron chi connectivity index (χ2n) is 4.54. The van der Waals surface area contributed by atoms with Crippen LogP contribution in [0.3, 0.4) is 0 Å². The summed E-state index contributed by atoms with van der Waals surface area (Å²) in [4.78, 5) is 12.3. The fourth-order valence-corrected chi connectivity index (χ4v) is 1.46. The highest BCUT2D eigenvalue weighted by molar-refractivity contribution is 7.51. The predicted molar refractivity (Wildman–Crippen MR) is 96.2 cm³/mol. The van der Waals surface area contributed by atoms with E-state index in [1.807, 2.05) is 60.7 Å². The summed E-state index contributed by atoms with van der Waals surface area (Å²) in [6, 6.07) is 19.9. The normalized spacial score (nSPS) is 12.2. The Kier molecular flexibility index (Phi) is 8.05. The highest BCUT2D eigenvalue weighted by atomic mass is 31.2. The van der Waals surface area contributed by atoms with Crippen LogP contribution in [0.5, 0.6) is 0 Å². The van der Waals surface area contributed by atoms with Gasteiger partial charge in [0.25, 0.3) is 0 Å². The molecule has 0 amide bonds. The Morgan fingerprint density at radius 1 is 1.00 bits per heavy atom. The van der Waals surface area contributed by atoms with Crippen molar-refractivity contribution in [2.24, 2.45) is 4.99 Å². The van der Waals surface area contributed by atoms with Gasteiger partial charge in [0, 0.05) is 32.2 Å². The van der Waals surface area contributed by atoms with Crippen molar-refractivity contribution in [2.45, 2.75) is 0 Å². The number of guanidine groups is 1. The third-order valence-corrected chi connectivity index (χ3v) is 3.31. The number of anilines is 2. The summed E-state index contributed by atoms with van der Waals surface area (Å²) in [6.45, 7) is 1.13. The highest BCUT2D eigenvalue weighted by Crippen LogP contribution is 2.34. The Morgan fingerprint density at radius 3 is 1.61 bits per heavy atom. The van der Waals surface area contributed by atoms with E-state index in [0.717, 1.165) is 24.0 Å². The summed E-state index contributed by atoms with van der Waals surface area (Å²) in [5.41, 5.74) is 2.02. The van der Waals surface area contributed by atoms with Gasteiger partial charge in [0.1, 0.15) is 0 Å². The third kappa shape index (κ3) is 8.78. The monoisotopic (exact) mass is 335 g/mol. The van der Waals surface area contributed by atoms with Gasteiger partial charge in [-0.25, -0.2) is 0 Å². The van der Waals surface area contributed by atoms with Gasteiger partial charge in [0.05, 0.1) is 0 Å². The van der Waals surface area contributed by atoms with Crippen molar-refractivity contribution in [3.8, 4) is 0 Å². The molecule has 3 N–H and O–H groups in total. The first-order valence-electron chi connectivity index (χ1n) is 6.91. The Balaban J connectivity index is 0.000000379. The fraction of sp³-hybridized carbons (Fsp3) is 0.188. The molecule has 0 fully saturated rings. The van der Waals surface area contributed by atoms with E-state index in [-0.39, 0.29) is 0 Å². The smallest absolute Gasteiger partial charge is 0.324 e. The lowest BCUT2D eigenvalue weighted by Crippen LogP contribution is -2.21. The van der Waals surface area contributed by atoms with Gasteiger partial charge in [-0.05, 0) is 24.3 Å². The second-order valence-corrected chi connectivity index (χ2v) is 6.51. The zero-order valence-electron chi connectivity index (χ0n) is 13.4. The van der Waals surface area contributed by atoms with Crippen molar-refractivity contribution in [3.63, 3.8) is 0 Å². The van der Waals surface area contributed by atoms with Crippen molar-refractivity contribution in [1.29, 1.82) is 0 Å². The molecule has 1 unspecified atom stereocenters. The molecule has 124 valence electrons. The summed E-state index contributed by atoms with van der Waals surface area (Å²) in [7, 11) is -0.200. The number of rotatable bonds is 3. The fourth-order valence-electron chi connectivity index (χ4n) is 1.46. The first kappa shape index (κ1) is 18.9. The van der Waals surface area contributed by atoms with Gasteiger partial charge >= 0.3 is 7.60 Å². The van der Waals surface area contributed by atoms with Crippen LogP contribution in [0, 0.1) is 0 Å². The molecule has 0 radical (unpaired) electrons. The molecular formula is C16H22N3O3P. The molecule has 7 heteroatoms. The van der Waals surface area contributed by atoms with Crippen molar-refractivity contribution in [1.82, 2.24) is 0 Å². The van der Waals surface area contributed by atoms with E-state index in [1.165, 1.54) is 7.11 Å². The molecule has 0 spiro atoms. The molecule has 0 aliphatic heterocycles. The highest BCUT2D eigenvalue weighted by Gasteiger charge is 2.02. The molecule has 23 heavy (non-hydrogen) atoms. The van der Waals surface area contributed by atoms with Gasteiger partial charge in [-0.3, -0.25) is 9.56 Å². The zero-order chi connectivity index (χ0) is 17.1. The van der Waals surface area contributed by atoms with E-state index >= 15 is 0 Å². The van der Waals surface area contributed by atoms with Crippen molar-refractivity contribution in [2.75, 3.05) is 31.5 Å². The van der Waals surface area contributed by atoms with E-state index in [0.29, 0.717) is 0 Å². The summed E-state index contributed by atoms with van der Waals surface area (Å²) in [5, 5.41) is 6.43. The molecule has 0 aliphatic rings. The van der Waals surface area contributed by atoms with Crippen LogP contribution in [0.25, 0.3) is 0 Å². The molecule has 2 rings (SSSR count). The summed E-state index contributed by atoms with van der Waals surface area (Å²) in [5.74, 6) is 0.724. The third-order valence-electron chi connectivity index (χ3n) is 2.64. The number of aliphatic imine (C=N–C) groups is 1. The van der Waals surface area contributed by atoms with Gasteiger partial charge in [0.2, 0.25) is 0 Å². The second kappa shape index (κ2) is 9.79. The van der Waals surface area contributed by atoms with Crippen molar-refractivity contribution < 1.29 is 14.0 Å². The SMILES string of the molecule is CN=C(Nc1ccccc1)Nc1ccccc1.COP(C)(=O)O. The van der Waals surface area contributed by atoms with E-state index in [4.69, 9.17) is 4.89 Å². The van der Waals surface area contributed by atoms with E-state index in [2.05, 4.69) is 20.1 Å². The van der Waals surface area contributed by atoms with Crippen LogP contribution in [0.15, 0.2) is 65.7 Å². The van der Waals surface area contributed by atoms with E-state index < -0.39 is 7.60 Å². The largest absolute Gasteiger partial charge is 0.326 e. The lowest BCUT2D eigenvalue weighted by Gasteiger charge is -2.11.